The monoisotopic (exact) mass is 275 g/mol. The second-order valence-electron chi connectivity index (χ2n) is 6.49. The number of hydrogen-bond acceptors (Lipinski definition) is 2. The van der Waals surface area contributed by atoms with Crippen LogP contribution in [0.2, 0.25) is 0 Å². The highest BCUT2D eigenvalue weighted by Crippen LogP contribution is 2.49. The van der Waals surface area contributed by atoms with Crippen LogP contribution in [0, 0.1) is 11.3 Å². The lowest BCUT2D eigenvalue weighted by molar-refractivity contribution is 0.195. The van der Waals surface area contributed by atoms with Crippen LogP contribution in [-0.4, -0.2) is 13.2 Å². The Balaban J connectivity index is 2.33. The van der Waals surface area contributed by atoms with E-state index in [-0.39, 0.29) is 0 Å². The highest BCUT2D eigenvalue weighted by molar-refractivity contribution is 5.37. The molecule has 0 radical (unpaired) electrons. The summed E-state index contributed by atoms with van der Waals surface area (Å²) in [5, 5.41) is 3.72. The molecule has 2 nitrogen and oxygen atoms in total. The molecule has 0 saturated heterocycles. The maximum Gasteiger partial charge on any atom is 0.124 e. The van der Waals surface area contributed by atoms with Crippen molar-refractivity contribution in [2.24, 2.45) is 11.3 Å². The van der Waals surface area contributed by atoms with Crippen LogP contribution in [0.25, 0.3) is 0 Å². The number of nitrogens with one attached hydrogen (secondary N) is 1. The van der Waals surface area contributed by atoms with Crippen molar-refractivity contribution in [2.75, 3.05) is 13.2 Å². The van der Waals surface area contributed by atoms with Gasteiger partial charge in [0, 0.05) is 11.6 Å². The second-order valence-corrected chi connectivity index (χ2v) is 6.49. The van der Waals surface area contributed by atoms with E-state index in [1.165, 1.54) is 24.8 Å². The topological polar surface area (TPSA) is 21.3 Å². The van der Waals surface area contributed by atoms with Gasteiger partial charge in [-0.15, -0.1) is 0 Å². The third kappa shape index (κ3) is 3.17. The Morgan fingerprint density at radius 3 is 2.65 bits per heavy atom. The van der Waals surface area contributed by atoms with E-state index in [2.05, 4.69) is 57.3 Å². The van der Waals surface area contributed by atoms with Crippen LogP contribution in [0.15, 0.2) is 24.3 Å². The zero-order chi connectivity index (χ0) is 14.6. The molecule has 0 heterocycles. The van der Waals surface area contributed by atoms with Crippen molar-refractivity contribution in [3.8, 4) is 5.75 Å². The summed E-state index contributed by atoms with van der Waals surface area (Å²) in [5.41, 5.74) is 1.74. The van der Waals surface area contributed by atoms with E-state index in [9.17, 15) is 0 Å². The van der Waals surface area contributed by atoms with Crippen molar-refractivity contribution in [1.29, 1.82) is 0 Å². The average molecular weight is 275 g/mol. The summed E-state index contributed by atoms with van der Waals surface area (Å²) in [5.74, 6) is 1.73. The number of para-hydroxylation sites is 1. The van der Waals surface area contributed by atoms with Crippen LogP contribution in [0.5, 0.6) is 5.75 Å². The first-order valence-corrected chi connectivity index (χ1v) is 8.05. The van der Waals surface area contributed by atoms with E-state index in [0.717, 1.165) is 18.9 Å². The molecule has 20 heavy (non-hydrogen) atoms. The normalized spacial score (nSPS) is 22.7. The van der Waals surface area contributed by atoms with Crippen LogP contribution >= 0.6 is 0 Å². The zero-order valence-electron chi connectivity index (χ0n) is 13.4. The molecule has 1 N–H and O–H groups in total. The lowest BCUT2D eigenvalue weighted by Gasteiger charge is -2.35. The number of rotatable bonds is 6. The molecule has 2 atom stereocenters. The molecule has 0 aliphatic heterocycles. The van der Waals surface area contributed by atoms with E-state index in [1.54, 1.807) is 0 Å². The van der Waals surface area contributed by atoms with Gasteiger partial charge < -0.3 is 10.1 Å². The van der Waals surface area contributed by atoms with Crippen LogP contribution in [0.4, 0.5) is 0 Å². The summed E-state index contributed by atoms with van der Waals surface area (Å²) in [4.78, 5) is 0. The van der Waals surface area contributed by atoms with Gasteiger partial charge in [0.1, 0.15) is 5.75 Å². The molecular formula is C18H29NO. The van der Waals surface area contributed by atoms with Crippen molar-refractivity contribution < 1.29 is 4.74 Å². The molecule has 1 aliphatic rings. The number of ether oxygens (including phenoxy) is 1. The molecule has 2 heteroatoms. The number of benzene rings is 1. The first-order chi connectivity index (χ1) is 9.60. The molecule has 2 rings (SSSR count). The quantitative estimate of drug-likeness (QED) is 0.821. The van der Waals surface area contributed by atoms with Gasteiger partial charge in [0.15, 0.2) is 0 Å². The molecule has 1 aromatic carbocycles. The molecular weight excluding hydrogens is 246 g/mol. The third-order valence-corrected chi connectivity index (χ3v) is 4.72. The maximum absolute atomic E-state index is 5.85. The van der Waals surface area contributed by atoms with Crippen LogP contribution in [0.3, 0.4) is 0 Å². The molecule has 0 spiro atoms. The molecule has 0 bridgehead atoms. The summed E-state index contributed by atoms with van der Waals surface area (Å²) < 4.78 is 5.85. The first kappa shape index (κ1) is 15.4. The van der Waals surface area contributed by atoms with Gasteiger partial charge in [0.25, 0.3) is 0 Å². The Hall–Kier alpha value is -1.02. The zero-order valence-corrected chi connectivity index (χ0v) is 13.4. The van der Waals surface area contributed by atoms with Gasteiger partial charge in [0.2, 0.25) is 0 Å². The SMILES string of the molecule is CCNC(c1ccccc1OCC)C1CCCC1(C)C. The van der Waals surface area contributed by atoms with Crippen molar-refractivity contribution in [1.82, 2.24) is 5.32 Å². The molecule has 1 aromatic rings. The van der Waals surface area contributed by atoms with Gasteiger partial charge in [-0.25, -0.2) is 0 Å². The molecule has 1 aliphatic carbocycles. The summed E-state index contributed by atoms with van der Waals surface area (Å²) in [6.45, 7) is 10.8. The van der Waals surface area contributed by atoms with Crippen LogP contribution in [-0.2, 0) is 0 Å². The fourth-order valence-corrected chi connectivity index (χ4v) is 3.68. The minimum Gasteiger partial charge on any atom is -0.494 e. The predicted molar refractivity (Wildman–Crippen MR) is 85.2 cm³/mol. The van der Waals surface area contributed by atoms with Crippen molar-refractivity contribution in [2.45, 2.75) is 53.0 Å². The van der Waals surface area contributed by atoms with Gasteiger partial charge >= 0.3 is 0 Å². The fraction of sp³-hybridized carbons (Fsp3) is 0.667. The summed E-state index contributed by atoms with van der Waals surface area (Å²) >= 11 is 0. The second kappa shape index (κ2) is 6.62. The first-order valence-electron chi connectivity index (χ1n) is 8.05. The van der Waals surface area contributed by atoms with Crippen molar-refractivity contribution in [3.63, 3.8) is 0 Å². The van der Waals surface area contributed by atoms with Crippen LogP contribution < -0.4 is 10.1 Å². The molecule has 1 fully saturated rings. The van der Waals surface area contributed by atoms with Gasteiger partial charge in [-0.2, -0.15) is 0 Å². The Labute approximate surface area is 123 Å². The number of hydrogen-bond donors (Lipinski definition) is 1. The van der Waals surface area contributed by atoms with E-state index >= 15 is 0 Å². The van der Waals surface area contributed by atoms with Gasteiger partial charge in [-0.1, -0.05) is 45.4 Å². The summed E-state index contributed by atoms with van der Waals surface area (Å²) in [6, 6.07) is 8.93. The molecule has 0 aromatic heterocycles. The van der Waals surface area contributed by atoms with E-state index in [1.807, 2.05) is 0 Å². The summed E-state index contributed by atoms with van der Waals surface area (Å²) in [6.07, 6.45) is 3.98. The Kier molecular flexibility index (Phi) is 5.09. The third-order valence-electron chi connectivity index (χ3n) is 4.72. The molecule has 1 saturated carbocycles. The Morgan fingerprint density at radius 2 is 2.05 bits per heavy atom. The Bertz CT molecular complexity index is 427. The highest BCUT2D eigenvalue weighted by atomic mass is 16.5. The maximum atomic E-state index is 5.85. The van der Waals surface area contributed by atoms with Gasteiger partial charge in [-0.3, -0.25) is 0 Å². The predicted octanol–water partition coefficient (Wildman–Crippen LogP) is 4.56. The smallest absolute Gasteiger partial charge is 0.124 e. The van der Waals surface area contributed by atoms with E-state index in [4.69, 9.17) is 4.74 Å². The minimum absolute atomic E-state index is 0.403. The largest absolute Gasteiger partial charge is 0.494 e. The molecule has 0 amide bonds. The Morgan fingerprint density at radius 1 is 1.30 bits per heavy atom. The highest BCUT2D eigenvalue weighted by Gasteiger charge is 2.40. The minimum atomic E-state index is 0.403. The van der Waals surface area contributed by atoms with Crippen molar-refractivity contribution in [3.05, 3.63) is 29.8 Å². The summed E-state index contributed by atoms with van der Waals surface area (Å²) in [7, 11) is 0. The van der Waals surface area contributed by atoms with Gasteiger partial charge in [0.05, 0.1) is 6.61 Å². The van der Waals surface area contributed by atoms with Crippen molar-refractivity contribution >= 4 is 0 Å². The standard InChI is InChI=1S/C18H29NO/c1-5-19-17(15-11-9-13-18(15,3)4)14-10-7-8-12-16(14)20-6-2/h7-8,10,12,15,17,19H,5-6,9,11,13H2,1-4H3. The molecule has 112 valence electrons. The molecule has 2 unspecified atom stereocenters. The fourth-order valence-electron chi connectivity index (χ4n) is 3.68. The lowest BCUT2D eigenvalue weighted by Crippen LogP contribution is -2.34. The van der Waals surface area contributed by atoms with Crippen LogP contribution in [0.1, 0.15) is 58.6 Å². The van der Waals surface area contributed by atoms with Gasteiger partial charge in [-0.05, 0) is 43.7 Å². The van der Waals surface area contributed by atoms with E-state index in [0.29, 0.717) is 17.4 Å². The average Bonchev–Trinajstić information content (AvgIpc) is 2.77. The van der Waals surface area contributed by atoms with E-state index < -0.39 is 0 Å². The lowest BCUT2D eigenvalue weighted by atomic mass is 9.75.